The lowest BCUT2D eigenvalue weighted by Gasteiger charge is -2.26. The summed E-state index contributed by atoms with van der Waals surface area (Å²) in [6, 6.07) is 12.8. The Kier molecular flexibility index (Phi) is 7.01. The molecule has 2 aromatic rings. The molecule has 0 unspecified atom stereocenters. The van der Waals surface area contributed by atoms with Gasteiger partial charge in [0.1, 0.15) is 0 Å². The van der Waals surface area contributed by atoms with E-state index in [0.29, 0.717) is 5.56 Å². The van der Waals surface area contributed by atoms with Crippen molar-refractivity contribution in [3.63, 3.8) is 0 Å². The second-order valence-corrected chi connectivity index (χ2v) is 6.80. The Morgan fingerprint density at radius 1 is 1.07 bits per heavy atom. The lowest BCUT2D eigenvalue weighted by Crippen LogP contribution is -2.35. The summed E-state index contributed by atoms with van der Waals surface area (Å²) in [4.78, 5) is 25.4. The first kappa shape index (κ1) is 20.6. The van der Waals surface area contributed by atoms with Crippen LogP contribution in [0.1, 0.15) is 40.4 Å². The predicted octanol–water partition coefficient (Wildman–Crippen LogP) is 2.97. The Bertz CT molecular complexity index is 936. The summed E-state index contributed by atoms with van der Waals surface area (Å²) >= 11 is 0. The summed E-state index contributed by atoms with van der Waals surface area (Å²) < 4.78 is 5.37. The molecule has 1 aliphatic heterocycles. The van der Waals surface area contributed by atoms with Crippen LogP contribution in [0, 0.1) is 11.8 Å². The van der Waals surface area contributed by atoms with Gasteiger partial charge < -0.3 is 15.2 Å². The lowest BCUT2D eigenvalue weighted by atomic mass is 10.1. The number of rotatable bonds is 5. The van der Waals surface area contributed by atoms with Crippen LogP contribution >= 0.6 is 0 Å². The van der Waals surface area contributed by atoms with Crippen LogP contribution in [-0.2, 0) is 16.1 Å². The zero-order valence-electron chi connectivity index (χ0n) is 16.4. The number of carboxylic acid groups (broad SMARTS) is 1. The van der Waals surface area contributed by atoms with Crippen molar-refractivity contribution < 1.29 is 19.4 Å². The highest BCUT2D eigenvalue weighted by Crippen LogP contribution is 2.18. The van der Waals surface area contributed by atoms with Gasteiger partial charge in [-0.1, -0.05) is 30.9 Å². The molecule has 150 valence electrons. The highest BCUT2D eigenvalue weighted by molar-refractivity contribution is 6.00. The van der Waals surface area contributed by atoms with E-state index in [1.165, 1.54) is 11.6 Å². The number of carbonyl (C=O) groups is 2. The first-order valence-corrected chi connectivity index (χ1v) is 9.63. The number of nitrogens with one attached hydrogen (secondary N) is 1. The molecule has 0 aromatic heterocycles. The molecule has 1 saturated heterocycles. The minimum atomic E-state index is -1.10. The lowest BCUT2D eigenvalue weighted by molar-refractivity contribution is -0.115. The molecule has 0 bridgehead atoms. The number of hydrogen-bond donors (Lipinski definition) is 2. The van der Waals surface area contributed by atoms with E-state index in [1.807, 2.05) is 12.1 Å². The zero-order chi connectivity index (χ0) is 20.6. The minimum absolute atomic E-state index is 0.0273. The fraction of sp³-hybridized carbons (Fsp3) is 0.304. The summed E-state index contributed by atoms with van der Waals surface area (Å²) in [5.41, 5.74) is 2.97. The Labute approximate surface area is 170 Å². The van der Waals surface area contributed by atoms with Crippen LogP contribution in [0.3, 0.4) is 0 Å². The van der Waals surface area contributed by atoms with Crippen molar-refractivity contribution in [2.45, 2.75) is 19.9 Å². The molecule has 6 nitrogen and oxygen atoms in total. The molecular weight excluding hydrogens is 368 g/mol. The number of anilines is 1. The monoisotopic (exact) mass is 392 g/mol. The molecule has 29 heavy (non-hydrogen) atoms. The molecule has 0 saturated carbocycles. The minimum Gasteiger partial charge on any atom is -0.478 e. The van der Waals surface area contributed by atoms with Crippen LogP contribution in [0.5, 0.6) is 0 Å². The molecule has 0 atom stereocenters. The van der Waals surface area contributed by atoms with Gasteiger partial charge in [-0.2, -0.15) is 0 Å². The standard InChI is InChI=1S/C23H24N2O4/c1-2-22(26)24-21-10-9-18(15-20(21)23(27)28)6-3-17-4-7-19(8-5-17)16-25-11-13-29-14-12-25/h4-5,7-10,15H,2,11-14,16H2,1H3,(H,24,26)(H,27,28). The van der Waals surface area contributed by atoms with Gasteiger partial charge in [0.15, 0.2) is 0 Å². The third-order valence-electron chi connectivity index (χ3n) is 4.66. The van der Waals surface area contributed by atoms with E-state index in [-0.39, 0.29) is 23.6 Å². The maximum atomic E-state index is 11.6. The second-order valence-electron chi connectivity index (χ2n) is 6.80. The Hall–Kier alpha value is -3.14. The number of benzene rings is 2. The van der Waals surface area contributed by atoms with Gasteiger partial charge in [0.05, 0.1) is 24.5 Å². The van der Waals surface area contributed by atoms with Gasteiger partial charge in [0, 0.05) is 37.2 Å². The van der Waals surface area contributed by atoms with Gasteiger partial charge in [-0.15, -0.1) is 0 Å². The van der Waals surface area contributed by atoms with Crippen LogP contribution in [-0.4, -0.2) is 48.2 Å². The van der Waals surface area contributed by atoms with Crippen LogP contribution in [0.25, 0.3) is 0 Å². The quantitative estimate of drug-likeness (QED) is 0.765. The first-order chi connectivity index (χ1) is 14.0. The number of carboxylic acids is 1. The van der Waals surface area contributed by atoms with Gasteiger partial charge in [-0.25, -0.2) is 4.79 Å². The number of nitrogens with zero attached hydrogens (tertiary/aromatic N) is 1. The number of hydrogen-bond acceptors (Lipinski definition) is 4. The van der Waals surface area contributed by atoms with E-state index in [1.54, 1.807) is 19.1 Å². The summed E-state index contributed by atoms with van der Waals surface area (Å²) in [5, 5.41) is 12.0. The van der Waals surface area contributed by atoms with Gasteiger partial charge in [-0.05, 0) is 35.9 Å². The molecule has 6 heteroatoms. The van der Waals surface area contributed by atoms with E-state index >= 15 is 0 Å². The number of aromatic carboxylic acids is 1. The molecule has 1 fully saturated rings. The zero-order valence-corrected chi connectivity index (χ0v) is 16.4. The number of amides is 1. The maximum Gasteiger partial charge on any atom is 0.337 e. The Balaban J connectivity index is 1.70. The first-order valence-electron chi connectivity index (χ1n) is 9.63. The Morgan fingerprint density at radius 3 is 2.38 bits per heavy atom. The molecular formula is C23H24N2O4. The maximum absolute atomic E-state index is 11.6. The highest BCUT2D eigenvalue weighted by Gasteiger charge is 2.12. The van der Waals surface area contributed by atoms with Gasteiger partial charge >= 0.3 is 5.97 Å². The van der Waals surface area contributed by atoms with Crippen molar-refractivity contribution in [1.29, 1.82) is 0 Å². The second kappa shape index (κ2) is 9.87. The topological polar surface area (TPSA) is 78.9 Å². The Morgan fingerprint density at radius 2 is 1.72 bits per heavy atom. The molecule has 0 aliphatic carbocycles. The summed E-state index contributed by atoms with van der Waals surface area (Å²) in [6.45, 7) is 6.06. The molecule has 2 aromatic carbocycles. The normalized spacial score (nSPS) is 14.0. The molecule has 0 spiro atoms. The molecule has 2 N–H and O–H groups in total. The van der Waals surface area contributed by atoms with E-state index < -0.39 is 5.97 Å². The number of ether oxygens (including phenoxy) is 1. The molecule has 1 heterocycles. The third kappa shape index (κ3) is 5.92. The summed E-state index contributed by atoms with van der Waals surface area (Å²) in [5.74, 6) is 4.73. The summed E-state index contributed by atoms with van der Waals surface area (Å²) in [6.07, 6.45) is 0.280. The number of carbonyl (C=O) groups excluding carboxylic acids is 1. The van der Waals surface area contributed by atoms with E-state index in [4.69, 9.17) is 4.74 Å². The van der Waals surface area contributed by atoms with Crippen LogP contribution in [0.15, 0.2) is 42.5 Å². The van der Waals surface area contributed by atoms with Crippen molar-refractivity contribution in [1.82, 2.24) is 4.90 Å². The van der Waals surface area contributed by atoms with Crippen LogP contribution in [0.2, 0.25) is 0 Å². The largest absolute Gasteiger partial charge is 0.478 e. The predicted molar refractivity (Wildman–Crippen MR) is 111 cm³/mol. The van der Waals surface area contributed by atoms with Crippen LogP contribution < -0.4 is 5.32 Å². The van der Waals surface area contributed by atoms with E-state index in [2.05, 4.69) is 34.2 Å². The van der Waals surface area contributed by atoms with Gasteiger partial charge in [-0.3, -0.25) is 9.69 Å². The third-order valence-corrected chi connectivity index (χ3v) is 4.66. The van der Waals surface area contributed by atoms with Crippen molar-refractivity contribution in [3.8, 4) is 11.8 Å². The number of morpholine rings is 1. The van der Waals surface area contributed by atoms with E-state index in [9.17, 15) is 14.7 Å². The fourth-order valence-corrected chi connectivity index (χ4v) is 3.00. The van der Waals surface area contributed by atoms with Crippen molar-refractivity contribution in [2.24, 2.45) is 0 Å². The van der Waals surface area contributed by atoms with Crippen molar-refractivity contribution in [3.05, 3.63) is 64.7 Å². The van der Waals surface area contributed by atoms with Crippen LogP contribution in [0.4, 0.5) is 5.69 Å². The van der Waals surface area contributed by atoms with Crippen molar-refractivity contribution in [2.75, 3.05) is 31.6 Å². The summed E-state index contributed by atoms with van der Waals surface area (Å²) in [7, 11) is 0. The molecule has 3 rings (SSSR count). The average Bonchev–Trinajstić information content (AvgIpc) is 2.74. The molecule has 0 radical (unpaired) electrons. The van der Waals surface area contributed by atoms with Gasteiger partial charge in [0.2, 0.25) is 5.91 Å². The molecule has 1 amide bonds. The average molecular weight is 392 g/mol. The van der Waals surface area contributed by atoms with E-state index in [0.717, 1.165) is 38.4 Å². The molecule has 1 aliphatic rings. The fourth-order valence-electron chi connectivity index (χ4n) is 3.00. The van der Waals surface area contributed by atoms with Crippen molar-refractivity contribution >= 4 is 17.6 Å². The highest BCUT2D eigenvalue weighted by atomic mass is 16.5. The van der Waals surface area contributed by atoms with Gasteiger partial charge in [0.25, 0.3) is 0 Å². The SMILES string of the molecule is CCC(=O)Nc1ccc(C#Cc2ccc(CN3CCOCC3)cc2)cc1C(=O)O. The smallest absolute Gasteiger partial charge is 0.337 e.